The van der Waals surface area contributed by atoms with Crippen molar-refractivity contribution in [2.75, 3.05) is 6.79 Å². The molecule has 0 radical (unpaired) electrons. The van der Waals surface area contributed by atoms with Gasteiger partial charge in [-0.05, 0) is 59.9 Å². The summed E-state index contributed by atoms with van der Waals surface area (Å²) in [5.41, 5.74) is 3.90. The lowest BCUT2D eigenvalue weighted by Crippen LogP contribution is -2.24. The van der Waals surface area contributed by atoms with Gasteiger partial charge in [-0.15, -0.1) is 0 Å². The summed E-state index contributed by atoms with van der Waals surface area (Å²) in [4.78, 5) is 0. The van der Waals surface area contributed by atoms with Gasteiger partial charge in [0.2, 0.25) is 6.79 Å². The number of fused-ring (bicyclic) bond motifs is 2. The number of aryl methyl sites for hydroxylation is 1. The fourth-order valence-corrected chi connectivity index (χ4v) is 4.55. The number of hydrogen-bond acceptors (Lipinski definition) is 4. The Balaban J connectivity index is 1.45. The van der Waals surface area contributed by atoms with E-state index < -0.39 is 5.92 Å². The number of benzene rings is 3. The lowest BCUT2D eigenvalue weighted by Gasteiger charge is -2.31. The maximum atomic E-state index is 15.0. The van der Waals surface area contributed by atoms with E-state index in [1.807, 2.05) is 61.5 Å². The second kappa shape index (κ2) is 9.11. The highest BCUT2D eigenvalue weighted by molar-refractivity contribution is 5.62. The Morgan fingerprint density at radius 2 is 1.85 bits per heavy atom. The number of rotatable bonds is 6. The predicted octanol–water partition coefficient (Wildman–Crippen LogP) is 6.48. The normalized spacial score (nSPS) is 18.2. The fraction of sp³-hybridized carbons (Fsp3) is 0.286. The number of aliphatic hydroxyl groups is 1. The highest BCUT2D eigenvalue weighted by atomic mass is 19.3. The van der Waals surface area contributed by atoms with Crippen molar-refractivity contribution >= 4 is 6.08 Å². The fourth-order valence-electron chi connectivity index (χ4n) is 4.55. The molecule has 0 saturated heterocycles. The van der Waals surface area contributed by atoms with Crippen LogP contribution in [0, 0.1) is 6.92 Å². The average molecular weight is 465 g/mol. The van der Waals surface area contributed by atoms with Crippen LogP contribution in [-0.2, 0) is 19.1 Å². The monoisotopic (exact) mass is 464 g/mol. The molecule has 3 aromatic rings. The van der Waals surface area contributed by atoms with E-state index in [2.05, 4.69) is 0 Å². The standard InChI is InChI=1S/C28H26F2O4/c1-18-11-26-27(34-17-33-26)13-21(18)8-7-20-9-10-28(29,30)24-14-25(22(15-31)12-23(20)24)32-16-19-5-3-2-4-6-19/h2-8,11-14,20,31H,9-10,15-17H2,1H3/b8-7+. The van der Waals surface area contributed by atoms with Gasteiger partial charge in [0, 0.05) is 23.5 Å². The zero-order valence-electron chi connectivity index (χ0n) is 18.9. The molecular weight excluding hydrogens is 438 g/mol. The van der Waals surface area contributed by atoms with E-state index in [-0.39, 0.29) is 37.9 Å². The molecule has 34 heavy (non-hydrogen) atoms. The van der Waals surface area contributed by atoms with E-state index in [1.54, 1.807) is 6.07 Å². The molecule has 0 saturated carbocycles. The van der Waals surface area contributed by atoms with Crippen LogP contribution in [0.4, 0.5) is 8.78 Å². The van der Waals surface area contributed by atoms with Crippen molar-refractivity contribution in [3.8, 4) is 17.2 Å². The molecule has 1 N–H and O–H groups in total. The first kappa shape index (κ1) is 22.4. The molecule has 0 amide bonds. The molecule has 1 aliphatic carbocycles. The van der Waals surface area contributed by atoms with Crippen LogP contribution in [0.25, 0.3) is 6.08 Å². The highest BCUT2D eigenvalue weighted by Crippen LogP contribution is 2.48. The molecule has 0 aromatic heterocycles. The number of aliphatic hydroxyl groups excluding tert-OH is 1. The molecule has 0 bridgehead atoms. The first-order valence-electron chi connectivity index (χ1n) is 11.4. The first-order valence-corrected chi connectivity index (χ1v) is 11.4. The van der Waals surface area contributed by atoms with E-state index in [4.69, 9.17) is 14.2 Å². The van der Waals surface area contributed by atoms with Crippen molar-refractivity contribution in [3.63, 3.8) is 0 Å². The van der Waals surface area contributed by atoms with Gasteiger partial charge in [0.05, 0.1) is 6.61 Å². The van der Waals surface area contributed by atoms with Crippen LogP contribution in [0.15, 0.2) is 60.7 Å². The molecule has 6 heteroatoms. The molecule has 1 heterocycles. The van der Waals surface area contributed by atoms with Crippen LogP contribution in [-0.4, -0.2) is 11.9 Å². The molecule has 0 spiro atoms. The maximum absolute atomic E-state index is 15.0. The van der Waals surface area contributed by atoms with Crippen molar-refractivity contribution in [1.29, 1.82) is 0 Å². The van der Waals surface area contributed by atoms with Crippen molar-refractivity contribution in [2.24, 2.45) is 0 Å². The minimum Gasteiger partial charge on any atom is -0.489 e. The largest absolute Gasteiger partial charge is 0.489 e. The summed E-state index contributed by atoms with van der Waals surface area (Å²) in [6.45, 7) is 2.13. The van der Waals surface area contributed by atoms with Crippen molar-refractivity contribution in [3.05, 3.63) is 94.1 Å². The van der Waals surface area contributed by atoms with Gasteiger partial charge in [-0.25, -0.2) is 8.78 Å². The van der Waals surface area contributed by atoms with E-state index >= 15 is 0 Å². The Morgan fingerprint density at radius 3 is 2.62 bits per heavy atom. The van der Waals surface area contributed by atoms with Gasteiger partial charge >= 0.3 is 0 Å². The Bertz CT molecular complexity index is 1220. The van der Waals surface area contributed by atoms with Gasteiger partial charge in [0.25, 0.3) is 5.92 Å². The molecule has 1 unspecified atom stereocenters. The van der Waals surface area contributed by atoms with Crippen molar-refractivity contribution < 1.29 is 28.1 Å². The third-order valence-electron chi connectivity index (χ3n) is 6.47. The summed E-state index contributed by atoms with van der Waals surface area (Å²) in [6, 6.07) is 16.4. The highest BCUT2D eigenvalue weighted by Gasteiger charge is 2.40. The van der Waals surface area contributed by atoms with Crippen LogP contribution in [0.2, 0.25) is 0 Å². The molecule has 5 rings (SSSR count). The van der Waals surface area contributed by atoms with Crippen LogP contribution < -0.4 is 14.2 Å². The Kier molecular flexibility index (Phi) is 6.00. The van der Waals surface area contributed by atoms with Crippen molar-refractivity contribution in [1.82, 2.24) is 0 Å². The number of halogens is 2. The van der Waals surface area contributed by atoms with E-state index in [1.165, 1.54) is 6.07 Å². The van der Waals surface area contributed by atoms with Crippen LogP contribution >= 0.6 is 0 Å². The number of hydrogen-bond donors (Lipinski definition) is 1. The smallest absolute Gasteiger partial charge is 0.273 e. The zero-order chi connectivity index (χ0) is 23.7. The first-order chi connectivity index (χ1) is 16.4. The third-order valence-corrected chi connectivity index (χ3v) is 6.47. The van der Waals surface area contributed by atoms with Crippen molar-refractivity contribution in [2.45, 2.75) is 44.8 Å². The number of ether oxygens (including phenoxy) is 3. The molecule has 4 nitrogen and oxygen atoms in total. The molecular formula is C28H26F2O4. The van der Waals surface area contributed by atoms with Crippen LogP contribution in [0.3, 0.4) is 0 Å². The van der Waals surface area contributed by atoms with Gasteiger partial charge in [-0.2, -0.15) is 0 Å². The molecule has 1 aliphatic heterocycles. The maximum Gasteiger partial charge on any atom is 0.273 e. The summed E-state index contributed by atoms with van der Waals surface area (Å²) in [7, 11) is 0. The summed E-state index contributed by atoms with van der Waals surface area (Å²) in [6.07, 6.45) is 3.98. The van der Waals surface area contributed by atoms with Gasteiger partial charge in [0.1, 0.15) is 12.4 Å². The van der Waals surface area contributed by atoms with E-state index in [9.17, 15) is 13.9 Å². The lowest BCUT2D eigenvalue weighted by atomic mass is 9.79. The molecule has 0 fully saturated rings. The lowest BCUT2D eigenvalue weighted by molar-refractivity contribution is -0.0237. The van der Waals surface area contributed by atoms with E-state index in [0.717, 1.165) is 16.7 Å². The Morgan fingerprint density at radius 1 is 1.09 bits per heavy atom. The van der Waals surface area contributed by atoms with Gasteiger partial charge in [-0.1, -0.05) is 42.5 Å². The second-order valence-electron chi connectivity index (χ2n) is 8.75. The topological polar surface area (TPSA) is 47.9 Å². The second-order valence-corrected chi connectivity index (χ2v) is 8.75. The minimum absolute atomic E-state index is 0.0314. The number of alkyl halides is 2. The van der Waals surface area contributed by atoms with Gasteiger partial charge in [-0.3, -0.25) is 0 Å². The van der Waals surface area contributed by atoms with Gasteiger partial charge < -0.3 is 19.3 Å². The molecule has 1 atom stereocenters. The van der Waals surface area contributed by atoms with E-state index in [0.29, 0.717) is 34.8 Å². The average Bonchev–Trinajstić information content (AvgIpc) is 3.29. The quantitative estimate of drug-likeness (QED) is 0.454. The number of allylic oxidation sites excluding steroid dienone is 1. The SMILES string of the molecule is Cc1cc2c(cc1/C=C/C1CCC(F)(F)c3cc(OCc4ccccc4)c(CO)cc31)OCO2. The molecule has 3 aromatic carbocycles. The van der Waals surface area contributed by atoms with Crippen LogP contribution in [0.5, 0.6) is 17.2 Å². The predicted molar refractivity (Wildman–Crippen MR) is 125 cm³/mol. The van der Waals surface area contributed by atoms with Crippen LogP contribution in [0.1, 0.15) is 52.1 Å². The zero-order valence-corrected chi connectivity index (χ0v) is 18.9. The summed E-state index contributed by atoms with van der Waals surface area (Å²) >= 11 is 0. The minimum atomic E-state index is -2.95. The molecule has 176 valence electrons. The summed E-state index contributed by atoms with van der Waals surface area (Å²) in [5.74, 6) is -1.46. The molecule has 2 aliphatic rings. The summed E-state index contributed by atoms with van der Waals surface area (Å²) in [5, 5.41) is 9.96. The Hall–Kier alpha value is -3.38. The van der Waals surface area contributed by atoms with Gasteiger partial charge in [0.15, 0.2) is 11.5 Å². The Labute approximate surface area is 197 Å². The third kappa shape index (κ3) is 4.38. The summed E-state index contributed by atoms with van der Waals surface area (Å²) < 4.78 is 46.7.